The first-order valence-corrected chi connectivity index (χ1v) is 9.70. The van der Waals surface area contributed by atoms with Crippen LogP contribution >= 0.6 is 12.0 Å². The molecule has 0 aliphatic rings. The van der Waals surface area contributed by atoms with Gasteiger partial charge in [0.15, 0.2) is 0 Å². The number of hydrogen-bond donors (Lipinski definition) is 0. The zero-order valence-corrected chi connectivity index (χ0v) is 16.1. The number of nitriles is 1. The fraction of sp³-hybridized carbons (Fsp3) is 0.250. The predicted molar refractivity (Wildman–Crippen MR) is 93.3 cm³/mol. The first-order chi connectivity index (χ1) is 13.1. The molecule has 0 bridgehead atoms. The third-order valence-electron chi connectivity index (χ3n) is 3.38. The summed E-state index contributed by atoms with van der Waals surface area (Å²) in [7, 11) is -4.63. The highest BCUT2D eigenvalue weighted by atomic mass is 32.2. The minimum atomic E-state index is -5.97. The SMILES string of the molecule is CCc1cc(-c2ccc(SOOC)cc2)nc(OS(=O)(=O)C(F)(F)F)c1C#N. The van der Waals surface area contributed by atoms with Crippen molar-refractivity contribution in [3.05, 3.63) is 41.5 Å². The molecule has 0 unspecified atom stereocenters. The van der Waals surface area contributed by atoms with Gasteiger partial charge < -0.3 is 4.18 Å². The standard InChI is InChI=1S/C16H13F3N2O5S2/c1-3-10-8-14(11-4-6-12(7-5-11)27-26-24-2)21-15(13(10)9-20)25-28(22,23)16(17,18)19/h4-8H,3H2,1-2H3. The van der Waals surface area contributed by atoms with Crippen LogP contribution in [-0.4, -0.2) is 26.0 Å². The molecule has 12 heteroatoms. The van der Waals surface area contributed by atoms with Crippen LogP contribution in [0.5, 0.6) is 5.88 Å². The molecule has 0 saturated carbocycles. The molecule has 0 aliphatic carbocycles. The Balaban J connectivity index is 2.51. The summed E-state index contributed by atoms with van der Waals surface area (Å²) in [6.45, 7) is 1.66. The summed E-state index contributed by atoms with van der Waals surface area (Å²) in [4.78, 5) is 8.96. The van der Waals surface area contributed by atoms with Gasteiger partial charge in [-0.2, -0.15) is 31.2 Å². The zero-order valence-electron chi connectivity index (χ0n) is 14.5. The Labute approximate surface area is 163 Å². The summed E-state index contributed by atoms with van der Waals surface area (Å²) < 4.78 is 69.5. The second kappa shape index (κ2) is 8.78. The van der Waals surface area contributed by atoms with E-state index in [1.165, 1.54) is 13.2 Å². The van der Waals surface area contributed by atoms with Gasteiger partial charge in [-0.15, -0.1) is 0 Å². The molecule has 28 heavy (non-hydrogen) atoms. The van der Waals surface area contributed by atoms with Gasteiger partial charge in [-0.1, -0.05) is 19.1 Å². The molecule has 0 spiro atoms. The lowest BCUT2D eigenvalue weighted by Crippen LogP contribution is -2.28. The third-order valence-corrected chi connectivity index (χ3v) is 4.99. The zero-order chi connectivity index (χ0) is 20.9. The smallest absolute Gasteiger partial charge is 0.354 e. The lowest BCUT2D eigenvalue weighted by atomic mass is 10.0. The van der Waals surface area contributed by atoms with E-state index in [1.54, 1.807) is 37.3 Å². The molecule has 0 aliphatic heterocycles. The molecule has 0 atom stereocenters. The average Bonchev–Trinajstić information content (AvgIpc) is 2.64. The van der Waals surface area contributed by atoms with E-state index in [-0.39, 0.29) is 17.7 Å². The van der Waals surface area contributed by atoms with Crippen molar-refractivity contribution >= 4 is 22.2 Å². The van der Waals surface area contributed by atoms with Crippen molar-refractivity contribution in [3.63, 3.8) is 0 Å². The lowest BCUT2D eigenvalue weighted by Gasteiger charge is -2.13. The lowest BCUT2D eigenvalue weighted by molar-refractivity contribution is -0.160. The maximum absolute atomic E-state index is 12.7. The van der Waals surface area contributed by atoms with E-state index in [9.17, 15) is 26.9 Å². The van der Waals surface area contributed by atoms with Crippen molar-refractivity contribution in [2.24, 2.45) is 0 Å². The van der Waals surface area contributed by atoms with E-state index in [0.717, 1.165) is 12.0 Å². The van der Waals surface area contributed by atoms with E-state index in [2.05, 4.69) is 14.1 Å². The Morgan fingerprint density at radius 1 is 1.25 bits per heavy atom. The number of nitrogens with zero attached hydrogens (tertiary/aromatic N) is 2. The van der Waals surface area contributed by atoms with Gasteiger partial charge in [0.1, 0.15) is 11.6 Å². The van der Waals surface area contributed by atoms with Crippen LogP contribution in [-0.2, 0) is 25.8 Å². The van der Waals surface area contributed by atoms with Gasteiger partial charge in [0.2, 0.25) is 0 Å². The van der Waals surface area contributed by atoms with E-state index in [1.807, 2.05) is 0 Å². The molecule has 1 aromatic carbocycles. The topological polar surface area (TPSA) is 98.5 Å². The van der Waals surface area contributed by atoms with Crippen molar-refractivity contribution in [2.45, 2.75) is 23.7 Å². The first kappa shape index (κ1) is 22.0. The summed E-state index contributed by atoms with van der Waals surface area (Å²) in [6, 6.07) is 9.59. The Kier molecular flexibility index (Phi) is 6.89. The second-order valence-corrected chi connectivity index (χ2v) is 7.45. The number of benzene rings is 1. The van der Waals surface area contributed by atoms with Gasteiger partial charge in [0.05, 0.1) is 24.8 Å². The number of halogens is 3. The number of alkyl halides is 3. The van der Waals surface area contributed by atoms with Gasteiger partial charge >= 0.3 is 15.6 Å². The van der Waals surface area contributed by atoms with Gasteiger partial charge in [-0.05, 0) is 30.2 Å². The highest BCUT2D eigenvalue weighted by Gasteiger charge is 2.49. The summed E-state index contributed by atoms with van der Waals surface area (Å²) in [5, 5.41) is 9.24. The van der Waals surface area contributed by atoms with Gasteiger partial charge in [-0.25, -0.2) is 9.87 Å². The summed E-state index contributed by atoms with van der Waals surface area (Å²) >= 11 is 0.937. The van der Waals surface area contributed by atoms with Crippen molar-refractivity contribution < 1.29 is 35.0 Å². The molecule has 2 aromatic rings. The number of aromatic nitrogens is 1. The maximum Gasteiger partial charge on any atom is 0.534 e. The highest BCUT2D eigenvalue weighted by Crippen LogP contribution is 2.32. The van der Waals surface area contributed by atoms with Gasteiger partial charge in [0.25, 0.3) is 5.88 Å². The van der Waals surface area contributed by atoms with Crippen LogP contribution in [0.1, 0.15) is 18.1 Å². The fourth-order valence-corrected chi connectivity index (χ4v) is 2.90. The Morgan fingerprint density at radius 3 is 2.39 bits per heavy atom. The van der Waals surface area contributed by atoms with E-state index >= 15 is 0 Å². The van der Waals surface area contributed by atoms with Crippen LogP contribution in [0.3, 0.4) is 0 Å². The number of rotatable bonds is 7. The normalized spacial score (nSPS) is 11.9. The molecule has 0 radical (unpaired) electrons. The van der Waals surface area contributed by atoms with E-state index in [0.29, 0.717) is 16.0 Å². The number of hydrogen-bond acceptors (Lipinski definition) is 8. The average molecular weight is 434 g/mol. The Bertz CT molecular complexity index is 987. The molecule has 150 valence electrons. The molecule has 0 fully saturated rings. The van der Waals surface area contributed by atoms with Crippen molar-refractivity contribution in [2.75, 3.05) is 7.11 Å². The summed E-state index contributed by atoms with van der Waals surface area (Å²) in [5.74, 6) is -0.921. The van der Waals surface area contributed by atoms with Crippen LogP contribution in [0.15, 0.2) is 35.2 Å². The van der Waals surface area contributed by atoms with Crippen molar-refractivity contribution in [1.82, 2.24) is 4.98 Å². The van der Waals surface area contributed by atoms with Gasteiger partial charge in [-0.3, -0.25) is 0 Å². The second-order valence-electron chi connectivity index (χ2n) is 5.14. The quantitative estimate of drug-likeness (QED) is 0.212. The first-order valence-electron chi connectivity index (χ1n) is 7.55. The van der Waals surface area contributed by atoms with Crippen LogP contribution in [0.25, 0.3) is 11.3 Å². The molecule has 2 rings (SSSR count). The van der Waals surface area contributed by atoms with Crippen LogP contribution in [0, 0.1) is 11.3 Å². The molecule has 0 amide bonds. The highest BCUT2D eigenvalue weighted by molar-refractivity contribution is 7.94. The Hall–Kier alpha value is -2.33. The molecular formula is C16H13F3N2O5S2. The Morgan fingerprint density at radius 2 is 1.89 bits per heavy atom. The van der Waals surface area contributed by atoms with Crippen molar-refractivity contribution in [3.8, 4) is 23.2 Å². The maximum atomic E-state index is 12.7. The molecule has 0 saturated heterocycles. The number of pyridine rings is 1. The predicted octanol–water partition coefficient (Wildman–Crippen LogP) is 4.00. The molecule has 1 heterocycles. The van der Waals surface area contributed by atoms with Crippen LogP contribution < -0.4 is 4.18 Å². The summed E-state index contributed by atoms with van der Waals surface area (Å²) in [5.41, 5.74) is -5.12. The summed E-state index contributed by atoms with van der Waals surface area (Å²) in [6.07, 6.45) is 0.246. The van der Waals surface area contributed by atoms with Crippen LogP contribution in [0.4, 0.5) is 13.2 Å². The molecule has 0 N–H and O–H groups in total. The third kappa shape index (κ3) is 4.93. The number of aryl methyl sites for hydroxylation is 1. The van der Waals surface area contributed by atoms with E-state index in [4.69, 9.17) is 4.33 Å². The molecule has 1 aromatic heterocycles. The minimum Gasteiger partial charge on any atom is -0.354 e. The molecular weight excluding hydrogens is 421 g/mol. The minimum absolute atomic E-state index is 0.146. The van der Waals surface area contributed by atoms with Crippen molar-refractivity contribution in [1.29, 1.82) is 5.26 Å². The van der Waals surface area contributed by atoms with E-state index < -0.39 is 21.5 Å². The largest absolute Gasteiger partial charge is 0.534 e. The molecule has 7 nitrogen and oxygen atoms in total. The monoisotopic (exact) mass is 434 g/mol. The fourth-order valence-electron chi connectivity index (χ4n) is 2.08. The van der Waals surface area contributed by atoms with Crippen LogP contribution in [0.2, 0.25) is 0 Å². The van der Waals surface area contributed by atoms with Gasteiger partial charge in [0, 0.05) is 10.5 Å².